The summed E-state index contributed by atoms with van der Waals surface area (Å²) in [6.45, 7) is 6.81. The standard InChI is InChI=1S/C14H18BrN3/c15-13-1-2-14-12(11-13)3-6-18(14)10-9-17-7-4-16-5-8-17/h1-3,6,11,16H,4-5,7-10H2. The fourth-order valence-corrected chi connectivity index (χ4v) is 2.93. The molecule has 0 radical (unpaired) electrons. The minimum Gasteiger partial charge on any atom is -0.346 e. The second-order valence-electron chi connectivity index (χ2n) is 4.80. The highest BCUT2D eigenvalue weighted by molar-refractivity contribution is 9.10. The van der Waals surface area contributed by atoms with Gasteiger partial charge in [0, 0.05) is 60.8 Å². The summed E-state index contributed by atoms with van der Waals surface area (Å²) < 4.78 is 3.50. The van der Waals surface area contributed by atoms with E-state index in [9.17, 15) is 0 Å². The third-order valence-corrected chi connectivity index (χ3v) is 4.09. The number of aromatic nitrogens is 1. The van der Waals surface area contributed by atoms with Gasteiger partial charge in [0.2, 0.25) is 0 Å². The molecule has 0 saturated carbocycles. The predicted molar refractivity (Wildman–Crippen MR) is 78.9 cm³/mol. The van der Waals surface area contributed by atoms with Gasteiger partial charge in [0.25, 0.3) is 0 Å². The van der Waals surface area contributed by atoms with Gasteiger partial charge in [0.1, 0.15) is 0 Å². The zero-order valence-electron chi connectivity index (χ0n) is 10.4. The van der Waals surface area contributed by atoms with Crippen molar-refractivity contribution in [2.75, 3.05) is 32.7 Å². The van der Waals surface area contributed by atoms with E-state index in [1.807, 2.05) is 0 Å². The number of nitrogens with one attached hydrogen (secondary N) is 1. The zero-order valence-corrected chi connectivity index (χ0v) is 12.0. The van der Waals surface area contributed by atoms with Crippen molar-refractivity contribution in [1.29, 1.82) is 0 Å². The van der Waals surface area contributed by atoms with Crippen LogP contribution in [0.2, 0.25) is 0 Å². The van der Waals surface area contributed by atoms with Crippen LogP contribution in [0, 0.1) is 0 Å². The number of rotatable bonds is 3. The van der Waals surface area contributed by atoms with E-state index in [0.717, 1.165) is 30.7 Å². The Balaban J connectivity index is 1.70. The first kappa shape index (κ1) is 12.2. The lowest BCUT2D eigenvalue weighted by Crippen LogP contribution is -2.44. The number of piperazine rings is 1. The summed E-state index contributed by atoms with van der Waals surface area (Å²) in [4.78, 5) is 2.53. The van der Waals surface area contributed by atoms with E-state index in [-0.39, 0.29) is 0 Å². The van der Waals surface area contributed by atoms with Crippen molar-refractivity contribution < 1.29 is 0 Å². The molecule has 3 rings (SSSR count). The Bertz CT molecular complexity index is 529. The van der Waals surface area contributed by atoms with E-state index in [1.165, 1.54) is 24.0 Å². The molecular formula is C14H18BrN3. The summed E-state index contributed by atoms with van der Waals surface area (Å²) in [6.07, 6.45) is 2.19. The largest absolute Gasteiger partial charge is 0.346 e. The van der Waals surface area contributed by atoms with Crippen LogP contribution in [0.3, 0.4) is 0 Å². The SMILES string of the molecule is Brc1ccc2c(ccn2CCN2CCNCC2)c1. The monoisotopic (exact) mass is 307 g/mol. The summed E-state index contributed by atoms with van der Waals surface area (Å²) in [6, 6.07) is 8.68. The molecule has 1 aliphatic heterocycles. The molecule has 2 heterocycles. The van der Waals surface area contributed by atoms with Gasteiger partial charge in [-0.25, -0.2) is 0 Å². The Kier molecular flexibility index (Phi) is 3.68. The molecule has 1 N–H and O–H groups in total. The maximum absolute atomic E-state index is 3.52. The van der Waals surface area contributed by atoms with E-state index >= 15 is 0 Å². The van der Waals surface area contributed by atoms with Crippen molar-refractivity contribution in [3.63, 3.8) is 0 Å². The number of hydrogen-bond acceptors (Lipinski definition) is 2. The fourth-order valence-electron chi connectivity index (χ4n) is 2.55. The van der Waals surface area contributed by atoms with Gasteiger partial charge in [0.05, 0.1) is 0 Å². The van der Waals surface area contributed by atoms with E-state index in [4.69, 9.17) is 0 Å². The second kappa shape index (κ2) is 5.43. The molecule has 0 amide bonds. The van der Waals surface area contributed by atoms with Crippen LogP contribution in [0.5, 0.6) is 0 Å². The molecule has 0 bridgehead atoms. The lowest BCUT2D eigenvalue weighted by atomic mass is 10.2. The molecule has 0 spiro atoms. The highest BCUT2D eigenvalue weighted by Crippen LogP contribution is 2.20. The van der Waals surface area contributed by atoms with Crippen LogP contribution in [0.15, 0.2) is 34.9 Å². The maximum Gasteiger partial charge on any atom is 0.0481 e. The Morgan fingerprint density at radius 2 is 1.94 bits per heavy atom. The average molecular weight is 308 g/mol. The molecular weight excluding hydrogens is 290 g/mol. The number of benzene rings is 1. The van der Waals surface area contributed by atoms with Gasteiger partial charge >= 0.3 is 0 Å². The molecule has 3 nitrogen and oxygen atoms in total. The van der Waals surface area contributed by atoms with Crippen LogP contribution in [0.25, 0.3) is 10.9 Å². The van der Waals surface area contributed by atoms with Crippen molar-refractivity contribution >= 4 is 26.8 Å². The summed E-state index contributed by atoms with van der Waals surface area (Å²) in [5, 5.41) is 4.70. The third kappa shape index (κ3) is 2.60. The van der Waals surface area contributed by atoms with Crippen LogP contribution in [0.4, 0.5) is 0 Å². The number of fused-ring (bicyclic) bond motifs is 1. The van der Waals surface area contributed by atoms with Crippen molar-refractivity contribution in [2.24, 2.45) is 0 Å². The summed E-state index contributed by atoms with van der Waals surface area (Å²) >= 11 is 3.52. The van der Waals surface area contributed by atoms with Gasteiger partial charge in [-0.2, -0.15) is 0 Å². The molecule has 4 heteroatoms. The molecule has 0 atom stereocenters. The second-order valence-corrected chi connectivity index (χ2v) is 5.72. The summed E-state index contributed by atoms with van der Waals surface area (Å²) in [5.74, 6) is 0. The molecule has 1 fully saturated rings. The molecule has 1 aromatic heterocycles. The van der Waals surface area contributed by atoms with E-state index < -0.39 is 0 Å². The first-order chi connectivity index (χ1) is 8.83. The van der Waals surface area contributed by atoms with Crippen molar-refractivity contribution in [1.82, 2.24) is 14.8 Å². The van der Waals surface area contributed by atoms with Crippen LogP contribution in [-0.4, -0.2) is 42.2 Å². The van der Waals surface area contributed by atoms with Crippen LogP contribution in [0.1, 0.15) is 0 Å². The molecule has 1 aliphatic rings. The Morgan fingerprint density at radius 3 is 2.78 bits per heavy atom. The van der Waals surface area contributed by atoms with Gasteiger partial charge < -0.3 is 9.88 Å². The van der Waals surface area contributed by atoms with E-state index in [2.05, 4.69) is 61.2 Å². The number of nitrogens with zero attached hydrogens (tertiary/aromatic N) is 2. The molecule has 0 unspecified atom stereocenters. The third-order valence-electron chi connectivity index (χ3n) is 3.60. The Hall–Kier alpha value is -0.840. The van der Waals surface area contributed by atoms with Crippen LogP contribution >= 0.6 is 15.9 Å². The number of hydrogen-bond donors (Lipinski definition) is 1. The van der Waals surface area contributed by atoms with E-state index in [0.29, 0.717) is 0 Å². The minimum atomic E-state index is 1.07. The van der Waals surface area contributed by atoms with Gasteiger partial charge in [-0.3, -0.25) is 4.90 Å². The summed E-state index contributed by atoms with van der Waals surface area (Å²) in [7, 11) is 0. The van der Waals surface area contributed by atoms with Crippen LogP contribution in [-0.2, 0) is 6.54 Å². The smallest absolute Gasteiger partial charge is 0.0481 e. The van der Waals surface area contributed by atoms with Gasteiger partial charge in [-0.15, -0.1) is 0 Å². The van der Waals surface area contributed by atoms with Gasteiger partial charge in [0.15, 0.2) is 0 Å². The maximum atomic E-state index is 3.52. The molecule has 1 saturated heterocycles. The van der Waals surface area contributed by atoms with Crippen molar-refractivity contribution in [2.45, 2.75) is 6.54 Å². The van der Waals surface area contributed by atoms with E-state index in [1.54, 1.807) is 0 Å². The van der Waals surface area contributed by atoms with Crippen LogP contribution < -0.4 is 5.32 Å². The molecule has 0 aliphatic carbocycles. The highest BCUT2D eigenvalue weighted by atomic mass is 79.9. The van der Waals surface area contributed by atoms with Gasteiger partial charge in [-0.05, 0) is 24.3 Å². The molecule has 1 aromatic carbocycles. The lowest BCUT2D eigenvalue weighted by Gasteiger charge is -2.27. The fraction of sp³-hybridized carbons (Fsp3) is 0.429. The first-order valence-corrected chi connectivity index (χ1v) is 7.30. The highest BCUT2D eigenvalue weighted by Gasteiger charge is 2.09. The number of halogens is 1. The Labute approximate surface area is 116 Å². The topological polar surface area (TPSA) is 20.2 Å². The zero-order chi connectivity index (χ0) is 12.4. The predicted octanol–water partition coefficient (Wildman–Crippen LogP) is 2.31. The van der Waals surface area contributed by atoms with Crippen molar-refractivity contribution in [3.05, 3.63) is 34.9 Å². The molecule has 2 aromatic rings. The minimum absolute atomic E-state index is 1.07. The molecule has 96 valence electrons. The first-order valence-electron chi connectivity index (χ1n) is 6.50. The van der Waals surface area contributed by atoms with Gasteiger partial charge in [-0.1, -0.05) is 15.9 Å². The Morgan fingerprint density at radius 1 is 1.11 bits per heavy atom. The average Bonchev–Trinajstić information content (AvgIpc) is 2.80. The quantitative estimate of drug-likeness (QED) is 0.939. The lowest BCUT2D eigenvalue weighted by molar-refractivity contribution is 0.233. The van der Waals surface area contributed by atoms with Crippen molar-refractivity contribution in [3.8, 4) is 0 Å². The summed E-state index contributed by atoms with van der Waals surface area (Å²) in [5.41, 5.74) is 1.33. The normalized spacial score (nSPS) is 17.4. The molecule has 18 heavy (non-hydrogen) atoms.